The van der Waals surface area contributed by atoms with Crippen LogP contribution in [-0.4, -0.2) is 10.4 Å². The SMILES string of the molecule is CC.CC.CC1(/C(N)=N/NN)C=CC=c2c(ccn2CP)=C1. The second-order valence-electron chi connectivity index (χ2n) is 4.39. The Balaban J connectivity index is 0.00000102. The van der Waals surface area contributed by atoms with Gasteiger partial charge in [0.25, 0.3) is 0 Å². The maximum Gasteiger partial charge on any atom is 0.134 e. The third-order valence-corrected chi connectivity index (χ3v) is 3.52. The Hall–Kier alpha value is -1.58. The van der Waals surface area contributed by atoms with Gasteiger partial charge in [0.05, 0.1) is 5.41 Å². The van der Waals surface area contributed by atoms with E-state index >= 15 is 0 Å². The van der Waals surface area contributed by atoms with Gasteiger partial charge in [-0.1, -0.05) is 45.9 Å². The number of hydrogen-bond donors (Lipinski definition) is 3. The fraction of sp³-hybridized carbons (Fsp3) is 0.438. The van der Waals surface area contributed by atoms with Crippen molar-refractivity contribution in [3.63, 3.8) is 0 Å². The third-order valence-electron chi connectivity index (χ3n) is 3.12. The standard InChI is InChI=1S/C12H18N5P.2C2H6/c1-12(11(13)15-16-14)5-2-3-10-9(7-12)4-6-17(10)8-18;2*1-2/h2-7,16H,8,14,18H2,1H3,(H2,13,15);2*1-2H3. The first-order valence-electron chi connectivity index (χ1n) is 7.67. The average Bonchev–Trinajstić information content (AvgIpc) is 2.84. The van der Waals surface area contributed by atoms with Crippen LogP contribution in [-0.2, 0) is 6.29 Å². The lowest BCUT2D eigenvalue weighted by Crippen LogP contribution is -2.37. The third kappa shape index (κ3) is 4.72. The Morgan fingerprint density at radius 2 is 2.00 bits per heavy atom. The zero-order valence-electron chi connectivity index (χ0n) is 14.3. The van der Waals surface area contributed by atoms with Crippen molar-refractivity contribution in [1.82, 2.24) is 10.1 Å². The molecule has 0 spiro atoms. The minimum absolute atomic E-state index is 0.432. The summed E-state index contributed by atoms with van der Waals surface area (Å²) in [5, 5.41) is 6.18. The van der Waals surface area contributed by atoms with E-state index in [1.54, 1.807) is 0 Å². The summed E-state index contributed by atoms with van der Waals surface area (Å²) in [5.74, 6) is 5.62. The van der Waals surface area contributed by atoms with E-state index in [2.05, 4.69) is 48.9 Å². The Morgan fingerprint density at radius 1 is 1.36 bits per heavy atom. The molecule has 0 bridgehead atoms. The van der Waals surface area contributed by atoms with Crippen molar-refractivity contribution >= 4 is 27.2 Å². The number of hydrazine groups is 1. The number of nitrogens with two attached hydrogens (primary N) is 2. The highest BCUT2D eigenvalue weighted by Crippen LogP contribution is 2.21. The van der Waals surface area contributed by atoms with Crippen molar-refractivity contribution < 1.29 is 0 Å². The number of aromatic nitrogens is 1. The molecule has 2 atom stereocenters. The summed E-state index contributed by atoms with van der Waals surface area (Å²) in [5.41, 5.74) is 7.76. The molecule has 0 saturated heterocycles. The van der Waals surface area contributed by atoms with E-state index in [1.807, 2.05) is 46.8 Å². The number of amidine groups is 1. The van der Waals surface area contributed by atoms with Crippen LogP contribution in [0.25, 0.3) is 12.2 Å². The first-order chi connectivity index (χ1) is 10.6. The fourth-order valence-corrected chi connectivity index (χ4v) is 2.35. The van der Waals surface area contributed by atoms with Crippen molar-refractivity contribution in [2.75, 3.05) is 0 Å². The largest absolute Gasteiger partial charge is 0.385 e. The van der Waals surface area contributed by atoms with E-state index < -0.39 is 5.41 Å². The highest BCUT2D eigenvalue weighted by Gasteiger charge is 2.24. The van der Waals surface area contributed by atoms with Crippen LogP contribution in [0, 0.1) is 5.41 Å². The van der Waals surface area contributed by atoms with Crippen LogP contribution < -0.4 is 27.7 Å². The zero-order valence-corrected chi connectivity index (χ0v) is 15.5. The molecule has 1 aromatic rings. The van der Waals surface area contributed by atoms with E-state index in [0.717, 1.165) is 11.5 Å². The minimum Gasteiger partial charge on any atom is -0.385 e. The van der Waals surface area contributed by atoms with Crippen LogP contribution in [0.5, 0.6) is 0 Å². The summed E-state index contributed by atoms with van der Waals surface area (Å²) >= 11 is 0. The second kappa shape index (κ2) is 10.2. The van der Waals surface area contributed by atoms with E-state index in [1.165, 1.54) is 5.35 Å². The number of nitrogens with one attached hydrogen (secondary N) is 1. The molecule has 1 heterocycles. The molecule has 0 aromatic carbocycles. The number of fused-ring (bicyclic) bond motifs is 1. The zero-order chi connectivity index (χ0) is 17.2. The summed E-state index contributed by atoms with van der Waals surface area (Å²) in [6.45, 7) is 10.0. The Kier molecular flexibility index (Phi) is 9.46. The van der Waals surface area contributed by atoms with Gasteiger partial charge in [-0.05, 0) is 24.3 Å². The molecule has 22 heavy (non-hydrogen) atoms. The van der Waals surface area contributed by atoms with Gasteiger partial charge >= 0.3 is 0 Å². The minimum atomic E-state index is -0.443. The van der Waals surface area contributed by atoms with Gasteiger partial charge in [-0.2, -0.15) is 5.10 Å². The molecule has 0 saturated carbocycles. The van der Waals surface area contributed by atoms with Crippen LogP contribution >= 0.6 is 9.24 Å². The summed E-state index contributed by atoms with van der Waals surface area (Å²) in [4.78, 5) is 0. The molecule has 1 aliphatic rings. The molecule has 0 fully saturated rings. The number of hydrazone groups is 1. The number of rotatable bonds is 3. The molecule has 0 radical (unpaired) electrons. The first-order valence-corrected chi connectivity index (χ1v) is 8.49. The molecule has 1 aliphatic carbocycles. The lowest BCUT2D eigenvalue weighted by Gasteiger charge is -2.20. The topological polar surface area (TPSA) is 81.4 Å². The molecule has 0 aliphatic heterocycles. The van der Waals surface area contributed by atoms with Crippen LogP contribution in [0.15, 0.2) is 29.5 Å². The fourth-order valence-electron chi connectivity index (χ4n) is 2.03. The molecule has 2 unspecified atom stereocenters. The smallest absolute Gasteiger partial charge is 0.134 e. The van der Waals surface area contributed by atoms with Gasteiger partial charge < -0.3 is 10.3 Å². The Labute approximate surface area is 136 Å². The van der Waals surface area contributed by atoms with Gasteiger partial charge in [0, 0.05) is 17.8 Å². The summed E-state index contributed by atoms with van der Waals surface area (Å²) in [6, 6.07) is 2.07. The summed E-state index contributed by atoms with van der Waals surface area (Å²) in [7, 11) is 2.71. The van der Waals surface area contributed by atoms with Gasteiger partial charge in [0.1, 0.15) is 5.84 Å². The molecule has 5 N–H and O–H groups in total. The maximum atomic E-state index is 5.96. The number of allylic oxidation sites excluding steroid dienone is 1. The lowest BCUT2D eigenvalue weighted by atomic mass is 9.88. The quantitative estimate of drug-likeness (QED) is 0.257. The molecule has 5 nitrogen and oxygen atoms in total. The van der Waals surface area contributed by atoms with Crippen molar-refractivity contribution in [2.24, 2.45) is 22.1 Å². The van der Waals surface area contributed by atoms with Gasteiger partial charge in [0.15, 0.2) is 0 Å². The van der Waals surface area contributed by atoms with E-state index in [-0.39, 0.29) is 0 Å². The molecule has 124 valence electrons. The number of nitrogens with zero attached hydrogens (tertiary/aromatic N) is 2. The van der Waals surface area contributed by atoms with Crippen LogP contribution in [0.3, 0.4) is 0 Å². The van der Waals surface area contributed by atoms with Crippen LogP contribution in [0.1, 0.15) is 34.6 Å². The van der Waals surface area contributed by atoms with E-state index in [4.69, 9.17) is 11.6 Å². The lowest BCUT2D eigenvalue weighted by molar-refractivity contribution is 0.743. The molecular weight excluding hydrogens is 293 g/mol. The number of hydrogen-bond acceptors (Lipinski definition) is 3. The van der Waals surface area contributed by atoms with Gasteiger partial charge in [0.2, 0.25) is 0 Å². The van der Waals surface area contributed by atoms with E-state index in [9.17, 15) is 0 Å². The molecule has 2 rings (SSSR count). The van der Waals surface area contributed by atoms with Crippen molar-refractivity contribution in [2.45, 2.75) is 40.9 Å². The molecule has 1 aromatic heterocycles. The molecular formula is C16H30N5P. The van der Waals surface area contributed by atoms with Crippen molar-refractivity contribution in [3.8, 4) is 0 Å². The predicted molar refractivity (Wildman–Crippen MR) is 101 cm³/mol. The average molecular weight is 323 g/mol. The van der Waals surface area contributed by atoms with Gasteiger partial charge in [-0.3, -0.25) is 0 Å². The molecule has 6 heteroatoms. The normalized spacial score (nSPS) is 19.1. The van der Waals surface area contributed by atoms with Gasteiger partial charge in [-0.25, -0.2) is 11.4 Å². The highest BCUT2D eigenvalue weighted by atomic mass is 31.0. The van der Waals surface area contributed by atoms with E-state index in [0.29, 0.717) is 5.84 Å². The first kappa shape index (κ1) is 20.4. The second-order valence-corrected chi connectivity index (χ2v) is 4.75. The van der Waals surface area contributed by atoms with Crippen LogP contribution in [0.2, 0.25) is 0 Å². The predicted octanol–water partition coefficient (Wildman–Crippen LogP) is 1.25. The summed E-state index contributed by atoms with van der Waals surface area (Å²) < 4.78 is 2.15. The van der Waals surface area contributed by atoms with Crippen molar-refractivity contribution in [3.05, 3.63) is 35.0 Å². The van der Waals surface area contributed by atoms with Crippen LogP contribution in [0.4, 0.5) is 0 Å². The highest BCUT2D eigenvalue weighted by molar-refractivity contribution is 7.15. The maximum absolute atomic E-state index is 5.96. The monoisotopic (exact) mass is 323 g/mol. The van der Waals surface area contributed by atoms with Crippen molar-refractivity contribution in [1.29, 1.82) is 0 Å². The van der Waals surface area contributed by atoms with Gasteiger partial charge in [-0.15, -0.1) is 9.24 Å². The Bertz CT molecular complexity index is 615. The Morgan fingerprint density at radius 3 is 2.55 bits per heavy atom. The summed E-state index contributed by atoms with van der Waals surface area (Å²) in [6.07, 6.45) is 11.1. The molecule has 0 amide bonds.